The van der Waals surface area contributed by atoms with Gasteiger partial charge in [0.15, 0.2) is 5.96 Å². The van der Waals surface area contributed by atoms with E-state index in [0.29, 0.717) is 6.54 Å². The van der Waals surface area contributed by atoms with E-state index < -0.39 is 0 Å². The van der Waals surface area contributed by atoms with Crippen LogP contribution in [-0.2, 0) is 13.6 Å². The molecule has 0 aliphatic carbocycles. The quantitative estimate of drug-likeness (QED) is 0.564. The van der Waals surface area contributed by atoms with E-state index in [0.717, 1.165) is 42.6 Å². The van der Waals surface area contributed by atoms with E-state index in [1.165, 1.54) is 0 Å². The van der Waals surface area contributed by atoms with Crippen molar-refractivity contribution in [2.75, 3.05) is 26.7 Å². The molecule has 0 aromatic carbocycles. The lowest BCUT2D eigenvalue weighted by molar-refractivity contribution is 0.123. The molecule has 2 N–H and O–H groups in total. The lowest BCUT2D eigenvalue weighted by atomic mass is 9.83. The van der Waals surface area contributed by atoms with Crippen LogP contribution in [0, 0.1) is 5.41 Å². The SMILES string of the molecule is CCNC(=NCC(CC)(CC)CO)N(C)Cc1cc(Cl)cn1C. The second-order valence-corrected chi connectivity index (χ2v) is 6.59. The van der Waals surface area contributed by atoms with Crippen LogP contribution in [0.1, 0.15) is 39.3 Å². The van der Waals surface area contributed by atoms with E-state index in [4.69, 9.17) is 16.6 Å². The van der Waals surface area contributed by atoms with Crippen molar-refractivity contribution in [1.29, 1.82) is 0 Å². The first kappa shape index (κ1) is 19.8. The van der Waals surface area contributed by atoms with Crippen LogP contribution in [0.3, 0.4) is 0 Å². The summed E-state index contributed by atoms with van der Waals surface area (Å²) in [4.78, 5) is 6.85. The zero-order valence-electron chi connectivity index (χ0n) is 15.1. The number of nitrogens with zero attached hydrogens (tertiary/aromatic N) is 3. The van der Waals surface area contributed by atoms with Gasteiger partial charge >= 0.3 is 0 Å². The molecule has 1 aromatic heterocycles. The minimum Gasteiger partial charge on any atom is -0.396 e. The molecule has 1 heterocycles. The summed E-state index contributed by atoms with van der Waals surface area (Å²) in [5.74, 6) is 0.851. The lowest BCUT2D eigenvalue weighted by Crippen LogP contribution is -2.40. The lowest BCUT2D eigenvalue weighted by Gasteiger charge is -2.29. The Morgan fingerprint density at radius 2 is 2.04 bits per heavy atom. The molecule has 1 aromatic rings. The first-order valence-corrected chi connectivity index (χ1v) is 8.70. The highest BCUT2D eigenvalue weighted by molar-refractivity contribution is 6.30. The second-order valence-electron chi connectivity index (χ2n) is 6.15. The summed E-state index contributed by atoms with van der Waals surface area (Å²) in [5, 5.41) is 13.8. The van der Waals surface area contributed by atoms with Crippen molar-refractivity contribution in [3.8, 4) is 0 Å². The van der Waals surface area contributed by atoms with E-state index >= 15 is 0 Å². The number of guanidine groups is 1. The van der Waals surface area contributed by atoms with E-state index in [1.54, 1.807) is 0 Å². The van der Waals surface area contributed by atoms with Crippen LogP contribution in [0.4, 0.5) is 0 Å². The number of hydrogen-bond donors (Lipinski definition) is 2. The number of aromatic nitrogens is 1. The van der Waals surface area contributed by atoms with Crippen molar-refractivity contribution < 1.29 is 5.11 Å². The van der Waals surface area contributed by atoms with Gasteiger partial charge in [0.2, 0.25) is 0 Å². The first-order chi connectivity index (χ1) is 10.9. The fourth-order valence-electron chi connectivity index (χ4n) is 2.50. The van der Waals surface area contributed by atoms with Crippen molar-refractivity contribution in [1.82, 2.24) is 14.8 Å². The highest BCUT2D eigenvalue weighted by atomic mass is 35.5. The van der Waals surface area contributed by atoms with Gasteiger partial charge in [-0.3, -0.25) is 4.99 Å². The van der Waals surface area contributed by atoms with E-state index in [2.05, 4.69) is 31.0 Å². The molecule has 0 atom stereocenters. The molecule has 0 aliphatic heterocycles. The summed E-state index contributed by atoms with van der Waals surface area (Å²) in [7, 11) is 4.00. The average Bonchev–Trinajstić information content (AvgIpc) is 2.85. The van der Waals surface area contributed by atoms with Crippen molar-refractivity contribution in [3.05, 3.63) is 23.0 Å². The Balaban J connectivity index is 2.87. The molecule has 0 saturated carbocycles. The van der Waals surface area contributed by atoms with E-state index in [-0.39, 0.29) is 12.0 Å². The number of aliphatic hydroxyl groups excluding tert-OH is 1. The number of halogens is 1. The summed E-state index contributed by atoms with van der Waals surface area (Å²) in [6.07, 6.45) is 3.74. The van der Waals surface area contributed by atoms with E-state index in [9.17, 15) is 5.11 Å². The molecule has 0 amide bonds. The van der Waals surface area contributed by atoms with Gasteiger partial charge in [-0.05, 0) is 25.8 Å². The first-order valence-electron chi connectivity index (χ1n) is 8.32. The Hall–Kier alpha value is -1.20. The van der Waals surface area contributed by atoms with Crippen molar-refractivity contribution in [2.24, 2.45) is 17.5 Å². The molecule has 0 unspecified atom stereocenters. The Morgan fingerprint density at radius 1 is 1.39 bits per heavy atom. The summed E-state index contributed by atoms with van der Waals surface area (Å²) < 4.78 is 2.03. The zero-order chi connectivity index (χ0) is 17.5. The van der Waals surface area contributed by atoms with Gasteiger partial charge in [-0.2, -0.15) is 0 Å². The molecule has 5 nitrogen and oxygen atoms in total. The van der Waals surface area contributed by atoms with Crippen LogP contribution in [0.25, 0.3) is 0 Å². The zero-order valence-corrected chi connectivity index (χ0v) is 15.8. The van der Waals surface area contributed by atoms with Crippen molar-refractivity contribution >= 4 is 17.6 Å². The van der Waals surface area contributed by atoms with Gasteiger partial charge < -0.3 is 19.9 Å². The summed E-state index contributed by atoms with van der Waals surface area (Å²) in [5.41, 5.74) is 0.998. The highest BCUT2D eigenvalue weighted by Gasteiger charge is 2.25. The van der Waals surface area contributed by atoms with Gasteiger partial charge in [0.1, 0.15) is 0 Å². The van der Waals surface area contributed by atoms with Gasteiger partial charge in [-0.15, -0.1) is 0 Å². The van der Waals surface area contributed by atoms with E-state index in [1.807, 2.05) is 30.9 Å². The van der Waals surface area contributed by atoms with Crippen LogP contribution in [0.2, 0.25) is 5.02 Å². The van der Waals surface area contributed by atoms with Gasteiger partial charge in [0.05, 0.1) is 24.7 Å². The predicted octanol–water partition coefficient (Wildman–Crippen LogP) is 2.87. The minimum atomic E-state index is -0.129. The fraction of sp³-hybridized carbons (Fsp3) is 0.706. The second kappa shape index (κ2) is 9.18. The van der Waals surface area contributed by atoms with Crippen molar-refractivity contribution in [2.45, 2.75) is 40.2 Å². The summed E-state index contributed by atoms with van der Waals surface area (Å²) >= 11 is 6.05. The number of nitrogens with one attached hydrogen (secondary N) is 1. The maximum absolute atomic E-state index is 9.71. The number of aliphatic hydroxyl groups is 1. The maximum Gasteiger partial charge on any atom is 0.194 e. The molecule has 0 fully saturated rings. The summed E-state index contributed by atoms with van der Waals surface area (Å²) in [6.45, 7) is 8.59. The van der Waals surface area contributed by atoms with Crippen LogP contribution in [0.5, 0.6) is 0 Å². The highest BCUT2D eigenvalue weighted by Crippen LogP contribution is 2.26. The Morgan fingerprint density at radius 3 is 2.48 bits per heavy atom. The molecule has 132 valence electrons. The molecule has 0 spiro atoms. The van der Waals surface area contributed by atoms with Crippen LogP contribution in [0.15, 0.2) is 17.3 Å². The average molecular weight is 343 g/mol. The monoisotopic (exact) mass is 342 g/mol. The fourth-order valence-corrected chi connectivity index (χ4v) is 2.77. The van der Waals surface area contributed by atoms with Crippen LogP contribution in [-0.4, -0.2) is 47.3 Å². The number of rotatable bonds is 8. The van der Waals surface area contributed by atoms with Crippen LogP contribution < -0.4 is 5.32 Å². The normalized spacial score (nSPS) is 12.6. The third-order valence-corrected chi connectivity index (χ3v) is 4.78. The molecular weight excluding hydrogens is 312 g/mol. The molecule has 6 heteroatoms. The predicted molar refractivity (Wildman–Crippen MR) is 98.0 cm³/mol. The molecule has 23 heavy (non-hydrogen) atoms. The molecule has 1 rings (SSSR count). The Kier molecular flexibility index (Phi) is 7.92. The number of aliphatic imine (C=N–C) groups is 1. The smallest absolute Gasteiger partial charge is 0.194 e. The van der Waals surface area contributed by atoms with Gasteiger partial charge in [-0.25, -0.2) is 0 Å². The van der Waals surface area contributed by atoms with Gasteiger partial charge in [-0.1, -0.05) is 25.4 Å². The number of hydrogen-bond acceptors (Lipinski definition) is 2. The molecule has 0 radical (unpaired) electrons. The summed E-state index contributed by atoms with van der Waals surface area (Å²) in [6, 6.07) is 1.97. The molecule has 0 aliphatic rings. The van der Waals surface area contributed by atoms with Gasteiger partial charge in [0.25, 0.3) is 0 Å². The number of aryl methyl sites for hydroxylation is 1. The third-order valence-electron chi connectivity index (χ3n) is 4.57. The molecule has 0 bridgehead atoms. The standard InChI is InChI=1S/C17H31ClN4O/c1-6-17(7-2,13-23)12-20-16(19-8-3)22(5)11-15-9-14(18)10-21(15)4/h9-10,23H,6-8,11-13H2,1-5H3,(H,19,20). The Labute approximate surface area is 145 Å². The minimum absolute atomic E-state index is 0.129. The Bertz CT molecular complexity index is 500. The molecular formula is C17H31ClN4O. The topological polar surface area (TPSA) is 52.8 Å². The van der Waals surface area contributed by atoms with Crippen molar-refractivity contribution in [3.63, 3.8) is 0 Å². The maximum atomic E-state index is 9.71. The third kappa shape index (κ3) is 5.43. The van der Waals surface area contributed by atoms with Gasteiger partial charge in [0, 0.05) is 37.9 Å². The largest absolute Gasteiger partial charge is 0.396 e. The molecule has 0 saturated heterocycles. The van der Waals surface area contributed by atoms with Crippen LogP contribution >= 0.6 is 11.6 Å².